The molecule has 0 aliphatic carbocycles. The van der Waals surface area contributed by atoms with E-state index in [2.05, 4.69) is 5.32 Å². The molecule has 3 amide bonds. The van der Waals surface area contributed by atoms with Crippen LogP contribution >= 0.6 is 0 Å². The van der Waals surface area contributed by atoms with Gasteiger partial charge in [0, 0.05) is 13.2 Å². The third-order valence-electron chi connectivity index (χ3n) is 4.59. The van der Waals surface area contributed by atoms with Crippen LogP contribution in [0.4, 0.5) is 5.69 Å². The molecule has 1 aliphatic rings. The lowest BCUT2D eigenvalue weighted by Crippen LogP contribution is -2.37. The van der Waals surface area contributed by atoms with Gasteiger partial charge < -0.3 is 14.8 Å². The molecule has 3 rings (SSSR count). The van der Waals surface area contributed by atoms with Crippen LogP contribution in [0.2, 0.25) is 0 Å². The van der Waals surface area contributed by atoms with Crippen LogP contribution in [0.25, 0.3) is 0 Å². The Morgan fingerprint density at radius 2 is 1.94 bits per heavy atom. The third kappa shape index (κ3) is 4.59. The highest BCUT2D eigenvalue weighted by Crippen LogP contribution is 2.38. The number of ether oxygens (including phenoxy) is 2. The lowest BCUT2D eigenvalue weighted by Gasteiger charge is -2.27. The minimum atomic E-state index is -3.95. The van der Waals surface area contributed by atoms with Crippen LogP contribution in [-0.4, -0.2) is 56.8 Å². The van der Waals surface area contributed by atoms with Crippen molar-refractivity contribution in [3.63, 3.8) is 0 Å². The van der Waals surface area contributed by atoms with Crippen LogP contribution in [0.5, 0.6) is 11.5 Å². The van der Waals surface area contributed by atoms with Gasteiger partial charge in [0.2, 0.25) is 5.91 Å². The van der Waals surface area contributed by atoms with Gasteiger partial charge in [-0.2, -0.15) is 0 Å². The standard InChI is InChI=1S/C22H24N2O7S/c1-5-31-19-11-14(9-10-18(19)30-3)17(12-32(4,28)29)24-21(26)15-7-6-8-16(23-13(2)25)20(15)22(24)27/h6-11,17H,5,12H2,1-4H3,(H,23,25)/t17-/m1/s1/i11D,17D. The Labute approximate surface area is 189 Å². The molecule has 1 heterocycles. The Balaban J connectivity index is 2.27. The molecule has 32 heavy (non-hydrogen) atoms. The average molecular weight is 463 g/mol. The molecule has 0 radical (unpaired) electrons. The van der Waals surface area contributed by atoms with Crippen molar-refractivity contribution in [2.45, 2.75) is 19.9 Å². The van der Waals surface area contributed by atoms with Crippen LogP contribution < -0.4 is 14.8 Å². The van der Waals surface area contributed by atoms with Gasteiger partial charge in [0.15, 0.2) is 11.5 Å². The summed E-state index contributed by atoms with van der Waals surface area (Å²) in [6.07, 6.45) is 0.869. The molecule has 1 atom stereocenters. The highest BCUT2D eigenvalue weighted by atomic mass is 32.2. The number of carbonyl (C=O) groups is 3. The van der Waals surface area contributed by atoms with Gasteiger partial charge in [0.05, 0.1) is 45.0 Å². The predicted octanol–water partition coefficient (Wildman–Crippen LogP) is 2.43. The molecule has 0 bridgehead atoms. The zero-order chi connectivity index (χ0) is 25.4. The Kier molecular flexibility index (Phi) is 5.76. The number of nitrogens with one attached hydrogen (secondary N) is 1. The number of carbonyl (C=O) groups excluding carboxylic acids is 3. The van der Waals surface area contributed by atoms with Crippen molar-refractivity contribution in [1.29, 1.82) is 0 Å². The normalized spacial score (nSPS) is 16.1. The fourth-order valence-corrected chi connectivity index (χ4v) is 4.16. The minimum Gasteiger partial charge on any atom is -0.493 e. The van der Waals surface area contributed by atoms with Gasteiger partial charge in [-0.15, -0.1) is 0 Å². The molecule has 0 spiro atoms. The molecule has 0 saturated carbocycles. The first-order valence-electron chi connectivity index (χ1n) is 10.6. The summed E-state index contributed by atoms with van der Waals surface area (Å²) in [5, 5.41) is 2.48. The molecule has 0 fully saturated rings. The number of anilines is 1. The van der Waals surface area contributed by atoms with E-state index < -0.39 is 45.4 Å². The van der Waals surface area contributed by atoms with E-state index in [1.54, 1.807) is 6.92 Å². The summed E-state index contributed by atoms with van der Waals surface area (Å²) in [4.78, 5) is 39.0. The first-order valence-corrected chi connectivity index (χ1v) is 11.7. The number of hydrogen-bond donors (Lipinski definition) is 1. The Morgan fingerprint density at radius 1 is 1.22 bits per heavy atom. The lowest BCUT2D eigenvalue weighted by molar-refractivity contribution is -0.114. The second-order valence-electron chi connectivity index (χ2n) is 7.07. The number of nitrogens with zero attached hydrogens (tertiary/aromatic N) is 1. The monoisotopic (exact) mass is 462 g/mol. The Morgan fingerprint density at radius 3 is 2.53 bits per heavy atom. The topological polar surface area (TPSA) is 119 Å². The van der Waals surface area contributed by atoms with Crippen molar-refractivity contribution >= 4 is 33.2 Å². The molecular weight excluding hydrogens is 436 g/mol. The second kappa shape index (κ2) is 8.99. The van der Waals surface area contributed by atoms with Gasteiger partial charge in [0.1, 0.15) is 9.84 Å². The van der Waals surface area contributed by atoms with E-state index in [9.17, 15) is 22.8 Å². The largest absolute Gasteiger partial charge is 0.493 e. The lowest BCUT2D eigenvalue weighted by atomic mass is 10.1. The predicted molar refractivity (Wildman–Crippen MR) is 118 cm³/mol. The van der Waals surface area contributed by atoms with Crippen molar-refractivity contribution in [3.05, 3.63) is 53.1 Å². The van der Waals surface area contributed by atoms with Crippen molar-refractivity contribution in [3.8, 4) is 11.5 Å². The van der Waals surface area contributed by atoms with Gasteiger partial charge in [-0.1, -0.05) is 12.1 Å². The van der Waals surface area contributed by atoms with Crippen LogP contribution in [0.15, 0.2) is 36.4 Å². The molecule has 2 aromatic rings. The van der Waals surface area contributed by atoms with Crippen LogP contribution in [-0.2, 0) is 14.6 Å². The van der Waals surface area contributed by atoms with Crippen molar-refractivity contribution in [2.75, 3.05) is 31.0 Å². The van der Waals surface area contributed by atoms with E-state index in [-0.39, 0.29) is 40.5 Å². The highest BCUT2D eigenvalue weighted by Gasteiger charge is 2.43. The molecule has 1 aliphatic heterocycles. The summed E-state index contributed by atoms with van der Waals surface area (Å²) in [5.41, 5.74) is -0.425. The van der Waals surface area contributed by atoms with Crippen LogP contribution in [0, 0.1) is 0 Å². The fraction of sp³-hybridized carbons (Fsp3) is 0.318. The van der Waals surface area contributed by atoms with Crippen molar-refractivity contribution < 1.29 is 35.0 Å². The van der Waals surface area contributed by atoms with Gasteiger partial charge in [-0.3, -0.25) is 19.3 Å². The summed E-state index contributed by atoms with van der Waals surface area (Å²) in [6, 6.07) is 3.97. The molecule has 0 aromatic heterocycles. The molecule has 10 heteroatoms. The molecule has 170 valence electrons. The number of amides is 3. The number of benzene rings is 2. The number of sulfone groups is 1. The third-order valence-corrected chi connectivity index (χ3v) is 5.39. The Bertz CT molecular complexity index is 1300. The maximum Gasteiger partial charge on any atom is 0.264 e. The summed E-state index contributed by atoms with van der Waals surface area (Å²) < 4.78 is 53.2. The molecule has 0 unspecified atom stereocenters. The number of rotatable bonds is 8. The number of methoxy groups -OCH3 is 1. The summed E-state index contributed by atoms with van der Waals surface area (Å²) in [5.74, 6) is -3.21. The van der Waals surface area contributed by atoms with Gasteiger partial charge in [0.25, 0.3) is 11.8 Å². The van der Waals surface area contributed by atoms with E-state index in [0.29, 0.717) is 4.90 Å². The molecule has 1 N–H and O–H groups in total. The minimum absolute atomic E-state index is 0.0526. The van der Waals surface area contributed by atoms with E-state index in [0.717, 1.165) is 6.26 Å². The molecule has 0 saturated heterocycles. The van der Waals surface area contributed by atoms with Gasteiger partial charge >= 0.3 is 0 Å². The zero-order valence-electron chi connectivity index (χ0n) is 20.0. The molecular formula is C22H24N2O7S. The van der Waals surface area contributed by atoms with E-state index >= 15 is 0 Å². The summed E-state index contributed by atoms with van der Waals surface area (Å²) in [7, 11) is -2.59. The smallest absolute Gasteiger partial charge is 0.264 e. The van der Waals surface area contributed by atoms with E-state index in [1.807, 2.05) is 0 Å². The quantitative estimate of drug-likeness (QED) is 0.599. The summed E-state index contributed by atoms with van der Waals surface area (Å²) >= 11 is 0. The molecule has 2 aromatic carbocycles. The number of imide groups is 1. The molecule has 9 nitrogen and oxygen atoms in total. The number of fused-ring (bicyclic) bond motifs is 1. The van der Waals surface area contributed by atoms with Crippen LogP contribution in [0.1, 0.15) is 48.9 Å². The first kappa shape index (κ1) is 20.5. The summed E-state index contributed by atoms with van der Waals surface area (Å²) in [6.45, 7) is 3.05. The van der Waals surface area contributed by atoms with Crippen LogP contribution in [0.3, 0.4) is 0 Å². The van der Waals surface area contributed by atoms with Crippen molar-refractivity contribution in [1.82, 2.24) is 4.90 Å². The average Bonchev–Trinajstić information content (AvgIpc) is 2.99. The first-order chi connectivity index (χ1) is 15.9. The van der Waals surface area contributed by atoms with Gasteiger partial charge in [-0.05, 0) is 36.7 Å². The SMILES string of the molecule is [2H]c1c([C@@]([2H])(CS(C)(=O)=O)N2C(=O)c3cccc(NC(C)=O)c3C2=O)ccc(OC)c1OCC. The highest BCUT2D eigenvalue weighted by molar-refractivity contribution is 7.90. The maximum atomic E-state index is 13.5. The van der Waals surface area contributed by atoms with E-state index in [4.69, 9.17) is 12.2 Å². The Hall–Kier alpha value is -3.40. The maximum absolute atomic E-state index is 13.5. The zero-order valence-corrected chi connectivity index (χ0v) is 18.8. The van der Waals surface area contributed by atoms with Crippen molar-refractivity contribution in [2.24, 2.45) is 0 Å². The fourth-order valence-electron chi connectivity index (χ4n) is 3.38. The van der Waals surface area contributed by atoms with E-state index in [1.165, 1.54) is 44.4 Å². The van der Waals surface area contributed by atoms with Gasteiger partial charge in [-0.25, -0.2) is 8.42 Å². The second-order valence-corrected chi connectivity index (χ2v) is 9.21. The number of hydrogen-bond acceptors (Lipinski definition) is 7.